The molecule has 2 aromatic rings. The second kappa shape index (κ2) is 7.89. The van der Waals surface area contributed by atoms with E-state index in [0.717, 1.165) is 32.8 Å². The highest BCUT2D eigenvalue weighted by atomic mass is 16.5. The van der Waals surface area contributed by atoms with Crippen molar-refractivity contribution in [1.82, 2.24) is 5.32 Å². The predicted molar refractivity (Wildman–Crippen MR) is 103 cm³/mol. The maximum absolute atomic E-state index is 5.78. The summed E-state index contributed by atoms with van der Waals surface area (Å²) in [4.78, 5) is 0. The smallest absolute Gasteiger partial charge is 0.0738 e. The number of hydrogen-bond donors (Lipinski definition) is 3. The number of fused-ring (bicyclic) bond motifs is 1. The minimum atomic E-state index is 0.576. The van der Waals surface area contributed by atoms with E-state index in [-0.39, 0.29) is 0 Å². The van der Waals surface area contributed by atoms with Crippen molar-refractivity contribution in [1.29, 1.82) is 0 Å². The highest BCUT2D eigenvalue weighted by Crippen LogP contribution is 2.36. The number of piperidine rings is 1. The van der Waals surface area contributed by atoms with Gasteiger partial charge in [-0.25, -0.2) is 0 Å². The summed E-state index contributed by atoms with van der Waals surface area (Å²) in [6.07, 6.45) is 2.50. The maximum atomic E-state index is 5.78. The number of hydrogen-bond acceptors (Lipinski definition) is 4. The molecule has 2 aromatic carbocycles. The summed E-state index contributed by atoms with van der Waals surface area (Å²) >= 11 is 0. The van der Waals surface area contributed by atoms with E-state index >= 15 is 0 Å². The highest BCUT2D eigenvalue weighted by Gasteiger charge is 2.22. The number of benzene rings is 2. The molecule has 2 aliphatic heterocycles. The van der Waals surface area contributed by atoms with Gasteiger partial charge in [-0.1, -0.05) is 30.3 Å². The largest absolute Gasteiger partial charge is 0.382 e. The quantitative estimate of drug-likeness (QED) is 0.796. The van der Waals surface area contributed by atoms with E-state index in [1.807, 2.05) is 0 Å². The molecule has 1 saturated heterocycles. The minimum Gasteiger partial charge on any atom is -0.382 e. The number of nitrogens with one attached hydrogen (secondary N) is 3. The fourth-order valence-electron chi connectivity index (χ4n) is 3.83. The normalized spacial score (nSPS) is 20.2. The predicted octanol–water partition coefficient (Wildman–Crippen LogP) is 3.71. The summed E-state index contributed by atoms with van der Waals surface area (Å²) in [6, 6.07) is 15.1. The van der Waals surface area contributed by atoms with Crippen molar-refractivity contribution in [2.75, 3.05) is 36.9 Å². The van der Waals surface area contributed by atoms with Gasteiger partial charge in [0.15, 0.2) is 0 Å². The Hall–Kier alpha value is -2.04. The summed E-state index contributed by atoms with van der Waals surface area (Å²) < 4.78 is 5.78. The zero-order chi connectivity index (χ0) is 16.9. The van der Waals surface area contributed by atoms with Crippen LogP contribution in [0.2, 0.25) is 0 Å². The van der Waals surface area contributed by atoms with E-state index in [0.29, 0.717) is 12.5 Å². The van der Waals surface area contributed by atoms with Gasteiger partial charge in [-0.05, 0) is 48.6 Å². The lowest BCUT2D eigenvalue weighted by molar-refractivity contribution is 0.135. The molecule has 4 rings (SSSR count). The monoisotopic (exact) mass is 337 g/mol. The van der Waals surface area contributed by atoms with Crippen molar-refractivity contribution >= 4 is 11.4 Å². The molecule has 4 heteroatoms. The van der Waals surface area contributed by atoms with Crippen LogP contribution < -0.4 is 16.0 Å². The molecule has 0 aromatic heterocycles. The number of rotatable bonds is 4. The molecular formula is C21H27N3O. The van der Waals surface area contributed by atoms with Crippen LogP contribution >= 0.6 is 0 Å². The molecule has 4 nitrogen and oxygen atoms in total. The lowest BCUT2D eigenvalue weighted by Crippen LogP contribution is -2.29. The molecule has 0 saturated carbocycles. The van der Waals surface area contributed by atoms with Crippen LogP contribution in [0.4, 0.5) is 11.4 Å². The van der Waals surface area contributed by atoms with Gasteiger partial charge >= 0.3 is 0 Å². The Balaban J connectivity index is 1.61. The molecule has 1 atom stereocenters. The van der Waals surface area contributed by atoms with Gasteiger partial charge in [0.25, 0.3) is 0 Å². The van der Waals surface area contributed by atoms with Crippen LogP contribution in [0, 0.1) is 0 Å². The zero-order valence-electron chi connectivity index (χ0n) is 14.7. The first-order valence-corrected chi connectivity index (χ1v) is 9.37. The van der Waals surface area contributed by atoms with Crippen LogP contribution in [0.5, 0.6) is 0 Å². The summed E-state index contributed by atoms with van der Waals surface area (Å²) in [7, 11) is 0. The lowest BCUT2D eigenvalue weighted by atomic mass is 9.88. The van der Waals surface area contributed by atoms with Crippen molar-refractivity contribution in [2.45, 2.75) is 31.9 Å². The van der Waals surface area contributed by atoms with Crippen LogP contribution in [0.15, 0.2) is 42.5 Å². The van der Waals surface area contributed by atoms with E-state index in [1.165, 1.54) is 40.9 Å². The Morgan fingerprint density at radius 2 is 2.04 bits per heavy atom. The van der Waals surface area contributed by atoms with Gasteiger partial charge in [0.1, 0.15) is 0 Å². The maximum Gasteiger partial charge on any atom is 0.0738 e. The Bertz CT molecular complexity index is 696. The Labute approximate surface area is 150 Å². The molecular weight excluding hydrogens is 310 g/mol. The van der Waals surface area contributed by atoms with Crippen molar-refractivity contribution in [2.24, 2.45) is 0 Å². The number of ether oxygens (including phenoxy) is 1. The van der Waals surface area contributed by atoms with E-state index in [1.54, 1.807) is 0 Å². The zero-order valence-corrected chi connectivity index (χ0v) is 14.7. The molecule has 25 heavy (non-hydrogen) atoms. The molecule has 0 spiro atoms. The Kier molecular flexibility index (Phi) is 5.19. The summed E-state index contributed by atoms with van der Waals surface area (Å²) in [5.74, 6) is 0.576. The van der Waals surface area contributed by atoms with E-state index in [9.17, 15) is 0 Å². The molecule has 132 valence electrons. The first kappa shape index (κ1) is 16.4. The Morgan fingerprint density at radius 3 is 2.88 bits per heavy atom. The molecule has 1 fully saturated rings. The second-order valence-corrected chi connectivity index (χ2v) is 6.96. The average molecular weight is 337 g/mol. The van der Waals surface area contributed by atoms with Gasteiger partial charge in [0.05, 0.1) is 13.2 Å². The molecule has 2 heterocycles. The van der Waals surface area contributed by atoms with E-state index in [4.69, 9.17) is 4.74 Å². The summed E-state index contributed by atoms with van der Waals surface area (Å²) in [6.45, 7) is 5.39. The first-order chi connectivity index (χ1) is 12.4. The van der Waals surface area contributed by atoms with Crippen LogP contribution in [0.25, 0.3) is 0 Å². The third kappa shape index (κ3) is 3.97. The van der Waals surface area contributed by atoms with Crippen molar-refractivity contribution < 1.29 is 4.74 Å². The molecule has 3 N–H and O–H groups in total. The Morgan fingerprint density at radius 1 is 1.12 bits per heavy atom. The van der Waals surface area contributed by atoms with Crippen LogP contribution in [0.1, 0.15) is 35.4 Å². The second-order valence-electron chi connectivity index (χ2n) is 6.96. The fourth-order valence-corrected chi connectivity index (χ4v) is 3.83. The van der Waals surface area contributed by atoms with Crippen LogP contribution in [0.3, 0.4) is 0 Å². The van der Waals surface area contributed by atoms with Crippen molar-refractivity contribution in [3.8, 4) is 0 Å². The average Bonchev–Trinajstić information content (AvgIpc) is 2.93. The third-order valence-electron chi connectivity index (χ3n) is 5.13. The van der Waals surface area contributed by atoms with Crippen molar-refractivity contribution in [3.05, 3.63) is 59.2 Å². The molecule has 0 aliphatic carbocycles. The standard InChI is InChI=1S/C21H27N3O/c1-2-5-16(6-3-1)13-24-19-11-18-15-25-10-9-23-21(18)20(12-19)17-7-4-8-22-14-17/h1-3,5-6,11-12,17,22-24H,4,7-10,13-15H2. The van der Waals surface area contributed by atoms with Gasteiger partial charge in [0.2, 0.25) is 0 Å². The molecule has 2 aliphatic rings. The summed E-state index contributed by atoms with van der Waals surface area (Å²) in [5, 5.41) is 10.8. The van der Waals surface area contributed by atoms with E-state index < -0.39 is 0 Å². The SMILES string of the molecule is c1ccc(CNc2cc3c(c(C4CCCNC4)c2)NCCOC3)cc1. The molecule has 0 amide bonds. The van der Waals surface area contributed by atoms with Gasteiger partial charge < -0.3 is 20.7 Å². The highest BCUT2D eigenvalue weighted by molar-refractivity contribution is 5.66. The fraction of sp³-hybridized carbons (Fsp3) is 0.429. The van der Waals surface area contributed by atoms with Gasteiger partial charge in [-0.15, -0.1) is 0 Å². The first-order valence-electron chi connectivity index (χ1n) is 9.37. The van der Waals surface area contributed by atoms with Gasteiger partial charge in [-0.3, -0.25) is 0 Å². The third-order valence-corrected chi connectivity index (χ3v) is 5.13. The van der Waals surface area contributed by atoms with Gasteiger partial charge in [-0.2, -0.15) is 0 Å². The number of anilines is 2. The van der Waals surface area contributed by atoms with E-state index in [2.05, 4.69) is 58.4 Å². The molecule has 1 unspecified atom stereocenters. The molecule has 0 radical (unpaired) electrons. The summed E-state index contributed by atoms with van der Waals surface area (Å²) in [5.41, 5.74) is 6.50. The van der Waals surface area contributed by atoms with Gasteiger partial charge in [0, 0.05) is 36.6 Å². The van der Waals surface area contributed by atoms with Crippen LogP contribution in [-0.2, 0) is 17.9 Å². The van der Waals surface area contributed by atoms with Crippen molar-refractivity contribution in [3.63, 3.8) is 0 Å². The lowest BCUT2D eigenvalue weighted by Gasteiger charge is -2.27. The topological polar surface area (TPSA) is 45.3 Å². The van der Waals surface area contributed by atoms with Crippen LogP contribution in [-0.4, -0.2) is 26.2 Å². The molecule has 0 bridgehead atoms. The minimum absolute atomic E-state index is 0.576.